The topological polar surface area (TPSA) is 50.2 Å². The number of carboxylic acids is 1. The van der Waals surface area contributed by atoms with Crippen molar-refractivity contribution in [3.63, 3.8) is 0 Å². The lowest BCUT2D eigenvalue weighted by atomic mass is 10.4. The van der Waals surface area contributed by atoms with Crippen LogP contribution in [0.15, 0.2) is 15.4 Å². The fourth-order valence-electron chi connectivity index (χ4n) is 0.772. The zero-order chi connectivity index (χ0) is 10.7. The van der Waals surface area contributed by atoms with Crippen molar-refractivity contribution in [1.29, 1.82) is 0 Å². The summed E-state index contributed by atoms with van der Waals surface area (Å²) in [6, 6.07) is 0. The van der Waals surface area contributed by atoms with E-state index in [0.29, 0.717) is 16.3 Å². The van der Waals surface area contributed by atoms with Crippen molar-refractivity contribution in [2.24, 2.45) is 0 Å². The average Bonchev–Trinajstić information content (AvgIpc) is 2.43. The number of hydrogen-bond donors (Lipinski definition) is 1. The molecule has 0 unspecified atom stereocenters. The van der Waals surface area contributed by atoms with Crippen LogP contribution in [-0.2, 0) is 0 Å². The molecule has 0 aliphatic carbocycles. The summed E-state index contributed by atoms with van der Waals surface area (Å²) < 4.78 is 1.63. The summed E-state index contributed by atoms with van der Waals surface area (Å²) in [4.78, 5) is 15.2. The lowest BCUT2D eigenvalue weighted by Crippen LogP contribution is -1.94. The number of aryl methyl sites for hydroxylation is 1. The van der Waals surface area contributed by atoms with Gasteiger partial charge < -0.3 is 5.11 Å². The second-order valence-corrected chi connectivity index (χ2v) is 5.85. The number of rotatable bonds is 4. The van der Waals surface area contributed by atoms with Gasteiger partial charge in [0.1, 0.15) is 4.88 Å². The number of aromatic nitrogens is 1. The first-order chi connectivity index (χ1) is 6.50. The third-order valence-corrected chi connectivity index (χ3v) is 4.35. The molecule has 1 rings (SSSR count). The fourth-order valence-corrected chi connectivity index (χ4v) is 2.90. The summed E-state index contributed by atoms with van der Waals surface area (Å²) in [6.45, 7) is 5.39. The Morgan fingerprint density at radius 3 is 2.86 bits per heavy atom. The van der Waals surface area contributed by atoms with E-state index < -0.39 is 5.97 Å². The first-order valence-corrected chi connectivity index (χ1v) is 6.27. The second-order valence-electron chi connectivity index (χ2n) is 2.51. The quantitative estimate of drug-likeness (QED) is 0.867. The van der Waals surface area contributed by atoms with Gasteiger partial charge in [0.05, 0.1) is 5.69 Å². The van der Waals surface area contributed by atoms with Crippen LogP contribution in [0.1, 0.15) is 15.4 Å². The van der Waals surface area contributed by atoms with Crippen molar-refractivity contribution in [2.45, 2.75) is 11.3 Å². The summed E-state index contributed by atoms with van der Waals surface area (Å²) in [5.74, 6) is -0.212. The van der Waals surface area contributed by atoms with Crippen LogP contribution in [0.2, 0.25) is 0 Å². The van der Waals surface area contributed by atoms with Crippen LogP contribution in [0.5, 0.6) is 0 Å². The first-order valence-electron chi connectivity index (χ1n) is 3.67. The van der Waals surface area contributed by atoms with Crippen molar-refractivity contribution in [3.8, 4) is 0 Å². The van der Waals surface area contributed by atoms with E-state index in [9.17, 15) is 4.79 Å². The van der Waals surface area contributed by atoms with Gasteiger partial charge in [-0.15, -0.1) is 11.3 Å². The van der Waals surface area contributed by atoms with Crippen molar-refractivity contribution in [3.05, 3.63) is 21.6 Å². The number of carbonyl (C=O) groups is 1. The molecule has 76 valence electrons. The van der Waals surface area contributed by atoms with Gasteiger partial charge in [-0.2, -0.15) is 0 Å². The summed E-state index contributed by atoms with van der Waals surface area (Å²) in [5, 5.41) is 8.79. The van der Waals surface area contributed by atoms with Crippen LogP contribution in [-0.4, -0.2) is 21.8 Å². The van der Waals surface area contributed by atoms with Crippen molar-refractivity contribution < 1.29 is 9.90 Å². The molecule has 1 aromatic heterocycles. The van der Waals surface area contributed by atoms with Crippen LogP contribution in [0.25, 0.3) is 0 Å². The molecule has 0 aliphatic heterocycles. The van der Waals surface area contributed by atoms with Crippen molar-refractivity contribution >= 4 is 45.0 Å². The molecule has 1 aromatic rings. The van der Waals surface area contributed by atoms with Gasteiger partial charge in [0, 0.05) is 5.75 Å². The van der Waals surface area contributed by atoms with Crippen molar-refractivity contribution in [2.75, 3.05) is 5.75 Å². The molecule has 1 heterocycles. The van der Waals surface area contributed by atoms with Gasteiger partial charge in [-0.25, -0.2) is 9.78 Å². The Morgan fingerprint density at radius 1 is 1.79 bits per heavy atom. The van der Waals surface area contributed by atoms with E-state index in [0.717, 1.165) is 8.82 Å². The lowest BCUT2D eigenvalue weighted by molar-refractivity contribution is 0.0701. The number of aromatic carboxylic acids is 1. The maximum absolute atomic E-state index is 10.7. The summed E-state index contributed by atoms with van der Waals surface area (Å²) in [5.41, 5.74) is 0.574. The predicted molar refractivity (Wildman–Crippen MR) is 62.6 cm³/mol. The Bertz CT molecular complexity index is 375. The van der Waals surface area contributed by atoms with Gasteiger partial charge in [-0.1, -0.05) is 34.3 Å². The Balaban J connectivity index is 2.76. The molecular weight excluding hydrogens is 286 g/mol. The van der Waals surface area contributed by atoms with E-state index in [1.165, 1.54) is 23.1 Å². The van der Waals surface area contributed by atoms with Gasteiger partial charge in [-0.05, 0) is 11.4 Å². The van der Waals surface area contributed by atoms with Crippen LogP contribution in [0, 0.1) is 6.92 Å². The third-order valence-electron chi connectivity index (χ3n) is 1.32. The first kappa shape index (κ1) is 11.7. The van der Waals surface area contributed by atoms with Gasteiger partial charge in [0.15, 0.2) is 4.34 Å². The SMILES string of the molecule is C=C(Br)CSc1nc(C)c(C(=O)O)s1. The summed E-state index contributed by atoms with van der Waals surface area (Å²) in [6.07, 6.45) is 0. The number of nitrogens with zero attached hydrogens (tertiary/aromatic N) is 1. The maximum Gasteiger partial charge on any atom is 0.347 e. The van der Waals surface area contributed by atoms with Crippen LogP contribution in [0.3, 0.4) is 0 Å². The minimum atomic E-state index is -0.912. The van der Waals surface area contributed by atoms with Gasteiger partial charge >= 0.3 is 5.97 Å². The molecule has 1 N–H and O–H groups in total. The Labute approximate surface area is 98.4 Å². The van der Waals surface area contributed by atoms with Crippen LogP contribution in [0.4, 0.5) is 0 Å². The lowest BCUT2D eigenvalue weighted by Gasteiger charge is -1.92. The molecule has 0 saturated heterocycles. The van der Waals surface area contributed by atoms with E-state index in [1.54, 1.807) is 6.92 Å². The zero-order valence-electron chi connectivity index (χ0n) is 7.41. The highest BCUT2D eigenvalue weighted by atomic mass is 79.9. The fraction of sp³-hybridized carbons (Fsp3) is 0.250. The smallest absolute Gasteiger partial charge is 0.347 e. The molecule has 0 amide bonds. The van der Waals surface area contributed by atoms with E-state index in [4.69, 9.17) is 5.11 Å². The predicted octanol–water partition coefficient (Wildman–Crippen LogP) is 3.15. The van der Waals surface area contributed by atoms with Gasteiger partial charge in [-0.3, -0.25) is 0 Å². The van der Waals surface area contributed by atoms with E-state index in [2.05, 4.69) is 27.5 Å². The Morgan fingerprint density at radius 2 is 2.43 bits per heavy atom. The zero-order valence-corrected chi connectivity index (χ0v) is 10.6. The Kier molecular flexibility index (Phi) is 4.15. The molecule has 0 spiro atoms. The number of thioether (sulfide) groups is 1. The number of hydrogen-bond acceptors (Lipinski definition) is 4. The van der Waals surface area contributed by atoms with Crippen LogP contribution < -0.4 is 0 Å². The molecule has 0 radical (unpaired) electrons. The van der Waals surface area contributed by atoms with Gasteiger partial charge in [0.25, 0.3) is 0 Å². The molecule has 0 aromatic carbocycles. The average molecular weight is 294 g/mol. The maximum atomic E-state index is 10.7. The Hall–Kier alpha value is -0.330. The highest BCUT2D eigenvalue weighted by molar-refractivity contribution is 9.11. The third kappa shape index (κ3) is 3.11. The van der Waals surface area contributed by atoms with Gasteiger partial charge in [0.2, 0.25) is 0 Å². The molecule has 0 fully saturated rings. The molecular formula is C8H8BrNO2S2. The normalized spacial score (nSPS) is 10.1. The van der Waals surface area contributed by atoms with E-state index in [-0.39, 0.29) is 0 Å². The summed E-state index contributed by atoms with van der Waals surface area (Å²) >= 11 is 5.91. The van der Waals surface area contributed by atoms with E-state index >= 15 is 0 Å². The highest BCUT2D eigenvalue weighted by Crippen LogP contribution is 2.28. The molecule has 0 aliphatic rings. The van der Waals surface area contributed by atoms with E-state index in [1.807, 2.05) is 0 Å². The number of carboxylic acid groups (broad SMARTS) is 1. The second kappa shape index (κ2) is 4.95. The monoisotopic (exact) mass is 293 g/mol. The van der Waals surface area contributed by atoms with Crippen LogP contribution >= 0.6 is 39.0 Å². The van der Waals surface area contributed by atoms with Crippen molar-refractivity contribution in [1.82, 2.24) is 4.98 Å². The number of halogens is 1. The molecule has 0 saturated carbocycles. The highest BCUT2D eigenvalue weighted by Gasteiger charge is 2.13. The summed E-state index contributed by atoms with van der Waals surface area (Å²) in [7, 11) is 0. The molecule has 0 bridgehead atoms. The number of thiazole rings is 1. The molecule has 14 heavy (non-hydrogen) atoms. The standard InChI is InChI=1S/C8H8BrNO2S2/c1-4(9)3-13-8-10-5(2)6(14-8)7(11)12/h1,3H2,2H3,(H,11,12). The molecule has 3 nitrogen and oxygen atoms in total. The molecule has 0 atom stereocenters. The largest absolute Gasteiger partial charge is 0.477 e. The molecule has 6 heteroatoms. The minimum absolute atomic E-state index is 0.313. The minimum Gasteiger partial charge on any atom is -0.477 e.